The Hall–Kier alpha value is -2.35. The van der Waals surface area contributed by atoms with Crippen molar-refractivity contribution in [2.75, 3.05) is 0 Å². The van der Waals surface area contributed by atoms with Gasteiger partial charge in [-0.05, 0) is 18.2 Å². The van der Waals surface area contributed by atoms with Gasteiger partial charge in [0.05, 0.1) is 22.9 Å². The van der Waals surface area contributed by atoms with Gasteiger partial charge in [0.1, 0.15) is 0 Å². The van der Waals surface area contributed by atoms with Crippen LogP contribution in [0.3, 0.4) is 0 Å². The zero-order valence-corrected chi connectivity index (χ0v) is 9.07. The molecule has 0 bridgehead atoms. The summed E-state index contributed by atoms with van der Waals surface area (Å²) in [7, 11) is 0. The lowest BCUT2D eigenvalue weighted by Crippen LogP contribution is -2.07. The number of pyridine rings is 1. The molecule has 1 heterocycles. The van der Waals surface area contributed by atoms with E-state index in [0.717, 1.165) is 6.07 Å². The van der Waals surface area contributed by atoms with Crippen LogP contribution in [0.15, 0.2) is 42.6 Å². The zero-order chi connectivity index (χ0) is 13.2. The van der Waals surface area contributed by atoms with Crippen molar-refractivity contribution in [2.24, 2.45) is 0 Å². The lowest BCUT2D eigenvalue weighted by Gasteiger charge is -2.11. The summed E-state index contributed by atoms with van der Waals surface area (Å²) in [5.41, 5.74) is -0.367. The van der Waals surface area contributed by atoms with Crippen molar-refractivity contribution in [3.05, 3.63) is 53.7 Å². The number of benzene rings is 1. The van der Waals surface area contributed by atoms with Crippen LogP contribution in [0.5, 0.6) is 0 Å². The van der Waals surface area contributed by atoms with Gasteiger partial charge in [-0.1, -0.05) is 18.2 Å². The molecule has 0 N–H and O–H groups in total. The molecule has 1 aromatic heterocycles. The average molecular weight is 248 g/mol. The molecule has 0 atom stereocenters. The molecular weight excluding hydrogens is 241 g/mol. The zero-order valence-electron chi connectivity index (χ0n) is 9.07. The summed E-state index contributed by atoms with van der Waals surface area (Å²) in [6.45, 7) is 0. The molecule has 0 saturated heterocycles. The number of nitriles is 1. The highest BCUT2D eigenvalue weighted by molar-refractivity contribution is 5.65. The van der Waals surface area contributed by atoms with Crippen LogP contribution in [0.1, 0.15) is 11.1 Å². The van der Waals surface area contributed by atoms with Gasteiger partial charge in [-0.2, -0.15) is 18.4 Å². The summed E-state index contributed by atoms with van der Waals surface area (Å²) in [5.74, 6) is 0. The Kier molecular flexibility index (Phi) is 3.02. The standard InChI is InChI=1S/C13H7F3N2/c14-13(15,16)11-4-2-1-3-10(11)12-7-9(8-17)5-6-18-12/h1-7H. The number of hydrogen-bond donors (Lipinski definition) is 0. The Balaban J connectivity index is 2.61. The van der Waals surface area contributed by atoms with Crippen molar-refractivity contribution in [2.45, 2.75) is 6.18 Å². The van der Waals surface area contributed by atoms with Crippen molar-refractivity contribution < 1.29 is 13.2 Å². The van der Waals surface area contributed by atoms with Crippen LogP contribution in [-0.4, -0.2) is 4.98 Å². The van der Waals surface area contributed by atoms with Crippen LogP contribution < -0.4 is 0 Å². The molecule has 0 saturated carbocycles. The predicted octanol–water partition coefficient (Wildman–Crippen LogP) is 3.64. The van der Waals surface area contributed by atoms with Gasteiger partial charge in [0.15, 0.2) is 0 Å². The van der Waals surface area contributed by atoms with Gasteiger partial charge >= 0.3 is 6.18 Å². The first kappa shape index (κ1) is 12.1. The molecule has 0 aliphatic rings. The fourth-order valence-electron chi connectivity index (χ4n) is 1.60. The SMILES string of the molecule is N#Cc1ccnc(-c2ccccc2C(F)(F)F)c1. The molecule has 0 radical (unpaired) electrons. The topological polar surface area (TPSA) is 36.7 Å². The molecule has 90 valence electrons. The number of rotatable bonds is 1. The quantitative estimate of drug-likeness (QED) is 0.772. The van der Waals surface area contributed by atoms with E-state index in [9.17, 15) is 13.2 Å². The van der Waals surface area contributed by atoms with E-state index in [1.165, 1.54) is 36.5 Å². The van der Waals surface area contributed by atoms with Crippen molar-refractivity contribution in [3.63, 3.8) is 0 Å². The highest BCUT2D eigenvalue weighted by Crippen LogP contribution is 2.36. The molecule has 0 aliphatic heterocycles. The van der Waals surface area contributed by atoms with E-state index in [2.05, 4.69) is 4.98 Å². The third-order valence-corrected chi connectivity index (χ3v) is 2.40. The Labute approximate surface area is 101 Å². The van der Waals surface area contributed by atoms with Crippen molar-refractivity contribution in [1.82, 2.24) is 4.98 Å². The van der Waals surface area contributed by atoms with E-state index >= 15 is 0 Å². The minimum atomic E-state index is -4.44. The summed E-state index contributed by atoms with van der Waals surface area (Å²) in [4.78, 5) is 3.88. The number of nitrogens with zero attached hydrogens (tertiary/aromatic N) is 2. The Morgan fingerprint density at radius 3 is 2.50 bits per heavy atom. The first-order valence-electron chi connectivity index (χ1n) is 5.05. The molecule has 0 fully saturated rings. The van der Waals surface area contributed by atoms with Gasteiger partial charge in [-0.15, -0.1) is 0 Å². The lowest BCUT2D eigenvalue weighted by atomic mass is 10.0. The maximum atomic E-state index is 12.8. The second kappa shape index (κ2) is 4.49. The number of alkyl halides is 3. The van der Waals surface area contributed by atoms with Gasteiger partial charge in [0.25, 0.3) is 0 Å². The highest BCUT2D eigenvalue weighted by Gasteiger charge is 2.33. The molecule has 0 aliphatic carbocycles. The molecule has 2 rings (SSSR count). The van der Waals surface area contributed by atoms with Crippen LogP contribution in [0, 0.1) is 11.3 Å². The number of hydrogen-bond acceptors (Lipinski definition) is 2. The smallest absolute Gasteiger partial charge is 0.256 e. The van der Waals surface area contributed by atoms with Crippen LogP contribution in [0.25, 0.3) is 11.3 Å². The molecule has 5 heteroatoms. The highest BCUT2D eigenvalue weighted by atomic mass is 19.4. The fourth-order valence-corrected chi connectivity index (χ4v) is 1.60. The molecule has 1 aromatic carbocycles. The van der Waals surface area contributed by atoms with Crippen LogP contribution in [-0.2, 0) is 6.18 Å². The van der Waals surface area contributed by atoms with E-state index in [0.29, 0.717) is 0 Å². The minimum absolute atomic E-state index is 0.0258. The second-order valence-electron chi connectivity index (χ2n) is 3.58. The van der Waals surface area contributed by atoms with Gasteiger partial charge in [-0.3, -0.25) is 4.98 Å². The minimum Gasteiger partial charge on any atom is -0.256 e. The maximum absolute atomic E-state index is 12.8. The van der Waals surface area contributed by atoms with Crippen LogP contribution >= 0.6 is 0 Å². The average Bonchev–Trinajstić information content (AvgIpc) is 2.38. The van der Waals surface area contributed by atoms with E-state index in [1.54, 1.807) is 0 Å². The van der Waals surface area contributed by atoms with Gasteiger partial charge in [0.2, 0.25) is 0 Å². The van der Waals surface area contributed by atoms with Crippen LogP contribution in [0.2, 0.25) is 0 Å². The molecule has 18 heavy (non-hydrogen) atoms. The van der Waals surface area contributed by atoms with Crippen molar-refractivity contribution >= 4 is 0 Å². The first-order valence-corrected chi connectivity index (χ1v) is 5.05. The van der Waals surface area contributed by atoms with E-state index < -0.39 is 11.7 Å². The first-order chi connectivity index (χ1) is 8.52. The molecule has 0 unspecified atom stereocenters. The van der Waals surface area contributed by atoms with E-state index in [1.807, 2.05) is 6.07 Å². The van der Waals surface area contributed by atoms with Gasteiger partial charge in [-0.25, -0.2) is 0 Å². The summed E-state index contributed by atoms with van der Waals surface area (Å²) < 4.78 is 38.5. The Bertz CT molecular complexity index is 612. The summed E-state index contributed by atoms with van der Waals surface area (Å²) in [6.07, 6.45) is -3.12. The third kappa shape index (κ3) is 2.33. The molecule has 0 spiro atoms. The Morgan fingerprint density at radius 1 is 1.11 bits per heavy atom. The molecule has 2 nitrogen and oxygen atoms in total. The second-order valence-corrected chi connectivity index (χ2v) is 3.58. The molecule has 0 amide bonds. The largest absolute Gasteiger partial charge is 0.417 e. The van der Waals surface area contributed by atoms with Gasteiger partial charge in [0, 0.05) is 11.8 Å². The maximum Gasteiger partial charge on any atom is 0.417 e. The summed E-state index contributed by atoms with van der Waals surface area (Å²) in [5, 5.41) is 8.74. The van der Waals surface area contributed by atoms with E-state index in [-0.39, 0.29) is 16.8 Å². The number of halogens is 3. The predicted molar refractivity (Wildman–Crippen MR) is 59.4 cm³/mol. The van der Waals surface area contributed by atoms with Crippen molar-refractivity contribution in [3.8, 4) is 17.3 Å². The normalized spacial score (nSPS) is 11.0. The fraction of sp³-hybridized carbons (Fsp3) is 0.0769. The summed E-state index contributed by atoms with van der Waals surface area (Å²) in [6, 6.07) is 9.82. The number of aromatic nitrogens is 1. The molecule has 2 aromatic rings. The summed E-state index contributed by atoms with van der Waals surface area (Å²) >= 11 is 0. The molecular formula is C13H7F3N2. The Morgan fingerprint density at radius 2 is 1.83 bits per heavy atom. The third-order valence-electron chi connectivity index (χ3n) is 2.40. The van der Waals surface area contributed by atoms with Crippen molar-refractivity contribution in [1.29, 1.82) is 5.26 Å². The van der Waals surface area contributed by atoms with Crippen LogP contribution in [0.4, 0.5) is 13.2 Å². The van der Waals surface area contributed by atoms with E-state index in [4.69, 9.17) is 5.26 Å². The van der Waals surface area contributed by atoms with Gasteiger partial charge < -0.3 is 0 Å². The lowest BCUT2D eigenvalue weighted by molar-refractivity contribution is -0.137. The monoisotopic (exact) mass is 248 g/mol.